The number of hydrogen-bond acceptors (Lipinski definition) is 3. The van der Waals surface area contributed by atoms with Gasteiger partial charge in [0, 0.05) is 24.3 Å². The van der Waals surface area contributed by atoms with Crippen LogP contribution in [-0.4, -0.2) is 30.4 Å². The van der Waals surface area contributed by atoms with Crippen molar-refractivity contribution < 1.29 is 9.84 Å². The van der Waals surface area contributed by atoms with Crippen molar-refractivity contribution in [1.29, 1.82) is 0 Å². The van der Waals surface area contributed by atoms with Crippen molar-refractivity contribution in [2.75, 3.05) is 24.6 Å². The van der Waals surface area contributed by atoms with E-state index in [1.165, 1.54) is 0 Å². The van der Waals surface area contributed by atoms with Crippen LogP contribution in [0.15, 0.2) is 24.3 Å². The summed E-state index contributed by atoms with van der Waals surface area (Å²) < 4.78 is 5.71. The second kappa shape index (κ2) is 4.67. The topological polar surface area (TPSA) is 32.7 Å². The molecule has 1 aromatic carbocycles. The molecule has 17 heavy (non-hydrogen) atoms. The molecule has 1 atom stereocenters. The number of morpholine rings is 1. The zero-order valence-corrected chi connectivity index (χ0v) is 10.8. The van der Waals surface area contributed by atoms with Gasteiger partial charge in [-0.2, -0.15) is 0 Å². The van der Waals surface area contributed by atoms with Crippen molar-refractivity contribution in [3.63, 3.8) is 0 Å². The van der Waals surface area contributed by atoms with Crippen LogP contribution in [-0.2, 0) is 4.74 Å². The molecule has 1 aliphatic heterocycles. The third kappa shape index (κ3) is 2.79. The third-order valence-corrected chi connectivity index (χ3v) is 3.15. The Hall–Kier alpha value is -1.06. The van der Waals surface area contributed by atoms with Crippen LogP contribution in [0.3, 0.4) is 0 Å². The minimum atomic E-state index is -0.433. The smallest absolute Gasteiger partial charge is 0.0801 e. The maximum absolute atomic E-state index is 9.81. The first-order chi connectivity index (χ1) is 7.99. The van der Waals surface area contributed by atoms with Gasteiger partial charge in [0.1, 0.15) is 0 Å². The van der Waals surface area contributed by atoms with E-state index in [0.29, 0.717) is 0 Å². The van der Waals surface area contributed by atoms with E-state index in [0.717, 1.165) is 30.9 Å². The minimum absolute atomic E-state index is 0.121. The van der Waals surface area contributed by atoms with E-state index in [2.05, 4.69) is 24.8 Å². The van der Waals surface area contributed by atoms with Crippen molar-refractivity contribution in [1.82, 2.24) is 0 Å². The first-order valence-corrected chi connectivity index (χ1v) is 6.15. The molecule has 0 bridgehead atoms. The van der Waals surface area contributed by atoms with E-state index in [1.807, 2.05) is 25.1 Å². The van der Waals surface area contributed by atoms with E-state index < -0.39 is 6.10 Å². The number of aliphatic hydroxyl groups excluding tert-OH is 1. The van der Waals surface area contributed by atoms with Gasteiger partial charge in [-0.3, -0.25) is 0 Å². The maximum atomic E-state index is 9.81. The lowest BCUT2D eigenvalue weighted by molar-refractivity contribution is -0.0278. The van der Waals surface area contributed by atoms with Crippen molar-refractivity contribution in [3.05, 3.63) is 29.8 Å². The molecular weight excluding hydrogens is 214 g/mol. The first kappa shape index (κ1) is 12.4. The van der Waals surface area contributed by atoms with Gasteiger partial charge in [0.25, 0.3) is 0 Å². The quantitative estimate of drug-likeness (QED) is 0.854. The summed E-state index contributed by atoms with van der Waals surface area (Å²) in [4.78, 5) is 2.30. The Labute approximate surface area is 103 Å². The van der Waals surface area contributed by atoms with Crippen LogP contribution in [0.25, 0.3) is 0 Å². The van der Waals surface area contributed by atoms with E-state index in [-0.39, 0.29) is 5.60 Å². The Kier molecular flexibility index (Phi) is 3.40. The molecule has 1 fully saturated rings. The zero-order chi connectivity index (χ0) is 12.5. The van der Waals surface area contributed by atoms with Crippen LogP contribution < -0.4 is 4.90 Å². The Morgan fingerprint density at radius 3 is 2.71 bits per heavy atom. The highest BCUT2D eigenvalue weighted by atomic mass is 16.5. The predicted molar refractivity (Wildman–Crippen MR) is 69.3 cm³/mol. The van der Waals surface area contributed by atoms with Crippen molar-refractivity contribution in [2.45, 2.75) is 32.5 Å². The molecule has 0 aromatic heterocycles. The van der Waals surface area contributed by atoms with Gasteiger partial charge in [-0.15, -0.1) is 0 Å². The van der Waals surface area contributed by atoms with Crippen LogP contribution in [0.4, 0.5) is 5.69 Å². The standard InChI is InChI=1S/C14H21NO2/c1-11(16)12-6-4-5-7-13(12)15-8-9-17-14(2,3)10-15/h4-7,11,16H,8-10H2,1-3H3/t11-/m1/s1. The molecule has 1 heterocycles. The van der Waals surface area contributed by atoms with E-state index in [4.69, 9.17) is 4.74 Å². The second-order valence-electron chi connectivity index (χ2n) is 5.26. The molecule has 2 rings (SSSR count). The van der Waals surface area contributed by atoms with Crippen LogP contribution in [0.5, 0.6) is 0 Å². The lowest BCUT2D eigenvalue weighted by Crippen LogP contribution is -2.48. The monoisotopic (exact) mass is 235 g/mol. The molecule has 1 saturated heterocycles. The van der Waals surface area contributed by atoms with Gasteiger partial charge < -0.3 is 14.7 Å². The number of rotatable bonds is 2. The number of nitrogens with zero attached hydrogens (tertiary/aromatic N) is 1. The molecule has 0 saturated carbocycles. The van der Waals surface area contributed by atoms with Crippen molar-refractivity contribution in [2.24, 2.45) is 0 Å². The molecule has 0 aliphatic carbocycles. The highest BCUT2D eigenvalue weighted by Crippen LogP contribution is 2.29. The molecule has 1 aromatic rings. The van der Waals surface area contributed by atoms with Crippen molar-refractivity contribution in [3.8, 4) is 0 Å². The number of anilines is 1. The van der Waals surface area contributed by atoms with Crippen LogP contribution in [0.1, 0.15) is 32.4 Å². The molecule has 1 aliphatic rings. The molecule has 0 unspecified atom stereocenters. The Balaban J connectivity index is 2.27. The van der Waals surface area contributed by atoms with Gasteiger partial charge in [0.15, 0.2) is 0 Å². The van der Waals surface area contributed by atoms with Crippen molar-refractivity contribution >= 4 is 5.69 Å². The number of ether oxygens (including phenoxy) is 1. The van der Waals surface area contributed by atoms with Gasteiger partial charge >= 0.3 is 0 Å². The Morgan fingerprint density at radius 2 is 2.06 bits per heavy atom. The molecule has 94 valence electrons. The summed E-state index contributed by atoms with van der Waals surface area (Å²) in [6.45, 7) is 8.49. The summed E-state index contributed by atoms with van der Waals surface area (Å²) in [5.74, 6) is 0. The minimum Gasteiger partial charge on any atom is -0.389 e. The van der Waals surface area contributed by atoms with Gasteiger partial charge in [0.2, 0.25) is 0 Å². The number of aliphatic hydroxyl groups is 1. The van der Waals surface area contributed by atoms with Crippen LogP contribution in [0, 0.1) is 0 Å². The fourth-order valence-electron chi connectivity index (χ4n) is 2.35. The third-order valence-electron chi connectivity index (χ3n) is 3.15. The highest BCUT2D eigenvalue weighted by Gasteiger charge is 2.28. The fraction of sp³-hybridized carbons (Fsp3) is 0.571. The summed E-state index contributed by atoms with van der Waals surface area (Å²) in [5, 5.41) is 9.81. The van der Waals surface area contributed by atoms with Gasteiger partial charge in [-0.25, -0.2) is 0 Å². The molecule has 0 radical (unpaired) electrons. The summed E-state index contributed by atoms with van der Waals surface area (Å²) in [5.41, 5.74) is 1.99. The normalized spacial score (nSPS) is 21.3. The number of benzene rings is 1. The Morgan fingerprint density at radius 1 is 1.35 bits per heavy atom. The van der Waals surface area contributed by atoms with E-state index >= 15 is 0 Å². The predicted octanol–water partition coefficient (Wildman–Crippen LogP) is 2.36. The average molecular weight is 235 g/mol. The van der Waals surface area contributed by atoms with Crippen LogP contribution >= 0.6 is 0 Å². The summed E-state index contributed by atoms with van der Waals surface area (Å²) in [7, 11) is 0. The van der Waals surface area contributed by atoms with E-state index in [9.17, 15) is 5.11 Å². The lowest BCUT2D eigenvalue weighted by atomic mass is 10.0. The van der Waals surface area contributed by atoms with Gasteiger partial charge in [-0.05, 0) is 26.8 Å². The fourth-order valence-corrected chi connectivity index (χ4v) is 2.35. The number of hydrogen-bond donors (Lipinski definition) is 1. The number of para-hydroxylation sites is 1. The average Bonchev–Trinajstić information content (AvgIpc) is 2.27. The summed E-state index contributed by atoms with van der Waals surface area (Å²) in [6.07, 6.45) is -0.433. The molecule has 1 N–H and O–H groups in total. The summed E-state index contributed by atoms with van der Waals surface area (Å²) in [6, 6.07) is 8.05. The molecule has 0 spiro atoms. The molecule has 3 nitrogen and oxygen atoms in total. The van der Waals surface area contributed by atoms with E-state index in [1.54, 1.807) is 0 Å². The SMILES string of the molecule is C[C@@H](O)c1ccccc1N1CCOC(C)(C)C1. The zero-order valence-electron chi connectivity index (χ0n) is 10.8. The first-order valence-electron chi connectivity index (χ1n) is 6.15. The largest absolute Gasteiger partial charge is 0.389 e. The van der Waals surface area contributed by atoms with Gasteiger partial charge in [0.05, 0.1) is 18.3 Å². The van der Waals surface area contributed by atoms with Crippen LogP contribution in [0.2, 0.25) is 0 Å². The molecule has 3 heteroatoms. The lowest BCUT2D eigenvalue weighted by Gasteiger charge is -2.40. The highest BCUT2D eigenvalue weighted by molar-refractivity contribution is 5.55. The van der Waals surface area contributed by atoms with Gasteiger partial charge in [-0.1, -0.05) is 18.2 Å². The second-order valence-corrected chi connectivity index (χ2v) is 5.26. The molecule has 0 amide bonds. The Bertz CT molecular complexity index is 388. The summed E-state index contributed by atoms with van der Waals surface area (Å²) >= 11 is 0. The molecular formula is C14H21NO2. The maximum Gasteiger partial charge on any atom is 0.0801 e.